The van der Waals surface area contributed by atoms with Crippen LogP contribution in [0, 0.1) is 0 Å². The number of likely N-dealkylation sites (N-methyl/N-ethyl adjacent to an activating group) is 1. The van der Waals surface area contributed by atoms with Gasteiger partial charge in [0.1, 0.15) is 5.75 Å². The molecule has 1 aliphatic heterocycles. The van der Waals surface area contributed by atoms with E-state index in [1.54, 1.807) is 30.1 Å². The first-order chi connectivity index (χ1) is 9.47. The second-order valence-corrected chi connectivity index (χ2v) is 4.95. The smallest absolute Gasteiger partial charge is 0.328 e. The number of carboxylic acids is 1. The fourth-order valence-corrected chi connectivity index (χ4v) is 2.15. The molecule has 0 aliphatic carbocycles. The molecule has 1 N–H and O–H groups in total. The zero-order chi connectivity index (χ0) is 14.7. The molecule has 1 aromatic carbocycles. The Morgan fingerprint density at radius 2 is 2.30 bits per heavy atom. The third kappa shape index (κ3) is 3.30. The molecule has 1 atom stereocenters. The minimum Gasteiger partial charge on any atom is -0.480 e. The Bertz CT molecular complexity index is 570. The summed E-state index contributed by atoms with van der Waals surface area (Å²) in [4.78, 5) is 24.0. The van der Waals surface area contributed by atoms with Crippen molar-refractivity contribution in [2.24, 2.45) is 0 Å². The normalized spacial score (nSPS) is 18.8. The lowest BCUT2D eigenvalue weighted by atomic mass is 10.2. The van der Waals surface area contributed by atoms with Gasteiger partial charge in [0.25, 0.3) is 5.91 Å². The number of ether oxygens (including phenoxy) is 1. The van der Waals surface area contributed by atoms with Gasteiger partial charge in [-0.15, -0.1) is 0 Å². The predicted octanol–water partition coefficient (Wildman–Crippen LogP) is 2.05. The maximum Gasteiger partial charge on any atom is 0.328 e. The number of benzene rings is 1. The van der Waals surface area contributed by atoms with Gasteiger partial charge in [-0.1, -0.05) is 11.6 Å². The Balaban J connectivity index is 2.23. The molecule has 0 bridgehead atoms. The minimum atomic E-state index is -1.06. The average Bonchev–Trinajstić information content (AvgIpc) is 2.71. The Hall–Kier alpha value is -2.01. The van der Waals surface area contributed by atoms with Gasteiger partial charge in [-0.2, -0.15) is 0 Å². The zero-order valence-corrected chi connectivity index (χ0v) is 11.6. The number of nitrogens with zero attached hydrogens (tertiary/aromatic N) is 1. The van der Waals surface area contributed by atoms with Crippen LogP contribution in [-0.4, -0.2) is 41.6 Å². The highest BCUT2D eigenvalue weighted by Gasteiger charge is 2.31. The van der Waals surface area contributed by atoms with Crippen molar-refractivity contribution in [1.82, 2.24) is 4.90 Å². The van der Waals surface area contributed by atoms with Crippen LogP contribution in [-0.2, 0) is 9.59 Å². The molecule has 1 amide bonds. The first-order valence-electron chi connectivity index (χ1n) is 6.09. The number of rotatable bonds is 4. The number of amides is 1. The van der Waals surface area contributed by atoms with Gasteiger partial charge in [0.05, 0.1) is 0 Å². The van der Waals surface area contributed by atoms with Gasteiger partial charge in [-0.25, -0.2) is 4.79 Å². The van der Waals surface area contributed by atoms with Crippen molar-refractivity contribution in [1.29, 1.82) is 0 Å². The SMILES string of the molecule is CN1CCC(Oc2ccc(Cl)cc2C=CC(=O)O)C1=O. The maximum atomic E-state index is 11.8. The number of halogens is 1. The van der Waals surface area contributed by atoms with Crippen LogP contribution in [0.4, 0.5) is 0 Å². The van der Waals surface area contributed by atoms with Gasteiger partial charge in [-0.05, 0) is 24.3 Å². The molecule has 5 nitrogen and oxygen atoms in total. The van der Waals surface area contributed by atoms with Crippen molar-refractivity contribution in [3.63, 3.8) is 0 Å². The topological polar surface area (TPSA) is 66.8 Å². The lowest BCUT2D eigenvalue weighted by Crippen LogP contribution is -2.29. The van der Waals surface area contributed by atoms with E-state index in [0.29, 0.717) is 29.3 Å². The fraction of sp³-hybridized carbons (Fsp3) is 0.286. The van der Waals surface area contributed by atoms with Crippen molar-refractivity contribution >= 4 is 29.6 Å². The van der Waals surface area contributed by atoms with Crippen molar-refractivity contribution < 1.29 is 19.4 Å². The highest BCUT2D eigenvalue weighted by molar-refractivity contribution is 6.30. The van der Waals surface area contributed by atoms with E-state index in [-0.39, 0.29) is 5.91 Å². The molecule has 1 aromatic rings. The standard InChI is InChI=1S/C14H14ClNO4/c1-16-7-6-12(14(16)19)20-11-4-3-10(15)8-9(11)2-5-13(17)18/h2-5,8,12H,6-7H2,1H3,(H,17,18). The quantitative estimate of drug-likeness (QED) is 0.863. The molecule has 6 heteroatoms. The summed E-state index contributed by atoms with van der Waals surface area (Å²) in [5.41, 5.74) is 0.530. The molecule has 1 unspecified atom stereocenters. The Morgan fingerprint density at radius 3 is 2.90 bits per heavy atom. The highest BCUT2D eigenvalue weighted by atomic mass is 35.5. The maximum absolute atomic E-state index is 11.8. The van der Waals surface area contributed by atoms with Crippen LogP contribution in [0.1, 0.15) is 12.0 Å². The predicted molar refractivity (Wildman–Crippen MR) is 74.8 cm³/mol. The lowest BCUT2D eigenvalue weighted by molar-refractivity contribution is -0.132. The number of carbonyl (C=O) groups is 2. The van der Waals surface area contributed by atoms with Gasteiger partial charge >= 0.3 is 5.97 Å². The van der Waals surface area contributed by atoms with Crippen molar-refractivity contribution in [3.05, 3.63) is 34.9 Å². The third-order valence-corrected chi connectivity index (χ3v) is 3.26. The molecule has 0 aromatic heterocycles. The van der Waals surface area contributed by atoms with E-state index in [0.717, 1.165) is 6.08 Å². The molecule has 20 heavy (non-hydrogen) atoms. The van der Waals surface area contributed by atoms with Crippen LogP contribution in [0.2, 0.25) is 5.02 Å². The van der Waals surface area contributed by atoms with E-state index in [4.69, 9.17) is 21.4 Å². The molecular weight excluding hydrogens is 282 g/mol. The van der Waals surface area contributed by atoms with Crippen molar-refractivity contribution in [3.8, 4) is 5.75 Å². The van der Waals surface area contributed by atoms with Gasteiger partial charge in [0.2, 0.25) is 0 Å². The number of carboxylic acid groups (broad SMARTS) is 1. The number of carbonyl (C=O) groups excluding carboxylic acids is 1. The first-order valence-corrected chi connectivity index (χ1v) is 6.47. The third-order valence-electron chi connectivity index (χ3n) is 3.02. The van der Waals surface area contributed by atoms with Crippen LogP contribution in [0.5, 0.6) is 5.75 Å². The molecule has 2 rings (SSSR count). The van der Waals surface area contributed by atoms with Gasteiger partial charge in [0.15, 0.2) is 6.10 Å². The van der Waals surface area contributed by atoms with Crippen molar-refractivity contribution in [2.75, 3.05) is 13.6 Å². The van der Waals surface area contributed by atoms with Gasteiger partial charge in [0, 0.05) is 36.7 Å². The van der Waals surface area contributed by atoms with E-state index >= 15 is 0 Å². The summed E-state index contributed by atoms with van der Waals surface area (Å²) in [6.45, 7) is 0.650. The second-order valence-electron chi connectivity index (χ2n) is 4.51. The van der Waals surface area contributed by atoms with Crippen LogP contribution in [0.25, 0.3) is 6.08 Å². The van der Waals surface area contributed by atoms with Crippen LogP contribution in [0.15, 0.2) is 24.3 Å². The zero-order valence-electron chi connectivity index (χ0n) is 10.9. The number of hydrogen-bond donors (Lipinski definition) is 1. The molecule has 0 spiro atoms. The Morgan fingerprint density at radius 1 is 1.55 bits per heavy atom. The summed E-state index contributed by atoms with van der Waals surface area (Å²) in [6, 6.07) is 4.87. The Kier molecular flexibility index (Phi) is 4.29. The molecule has 1 heterocycles. The molecule has 1 aliphatic rings. The summed E-state index contributed by atoms with van der Waals surface area (Å²) in [5.74, 6) is -0.693. The van der Waals surface area contributed by atoms with Gasteiger partial charge < -0.3 is 14.7 Å². The first kappa shape index (κ1) is 14.4. The molecular formula is C14H14ClNO4. The number of aliphatic carboxylic acids is 1. The van der Waals surface area contributed by atoms with Crippen molar-refractivity contribution in [2.45, 2.75) is 12.5 Å². The molecule has 106 valence electrons. The summed E-state index contributed by atoms with van der Waals surface area (Å²) in [7, 11) is 1.72. The monoisotopic (exact) mass is 295 g/mol. The minimum absolute atomic E-state index is 0.0758. The Labute approximate surface area is 121 Å². The largest absolute Gasteiger partial charge is 0.480 e. The highest BCUT2D eigenvalue weighted by Crippen LogP contribution is 2.27. The molecule has 1 saturated heterocycles. The molecule has 0 saturated carbocycles. The average molecular weight is 296 g/mol. The fourth-order valence-electron chi connectivity index (χ4n) is 1.97. The van der Waals surface area contributed by atoms with Crippen LogP contribution >= 0.6 is 11.6 Å². The van der Waals surface area contributed by atoms with E-state index in [9.17, 15) is 9.59 Å². The summed E-state index contributed by atoms with van der Waals surface area (Å²) in [6.07, 6.45) is 2.48. The molecule has 0 radical (unpaired) electrons. The van der Waals surface area contributed by atoms with Crippen LogP contribution in [0.3, 0.4) is 0 Å². The number of hydrogen-bond acceptors (Lipinski definition) is 3. The molecule has 1 fully saturated rings. The van der Waals surface area contributed by atoms with E-state index in [1.165, 1.54) is 6.08 Å². The van der Waals surface area contributed by atoms with E-state index < -0.39 is 12.1 Å². The summed E-state index contributed by atoms with van der Waals surface area (Å²) in [5, 5.41) is 9.14. The van der Waals surface area contributed by atoms with Crippen LogP contribution < -0.4 is 4.74 Å². The summed E-state index contributed by atoms with van der Waals surface area (Å²) < 4.78 is 5.68. The number of likely N-dealkylation sites (tertiary alicyclic amines) is 1. The summed E-state index contributed by atoms with van der Waals surface area (Å²) >= 11 is 5.89. The van der Waals surface area contributed by atoms with E-state index in [2.05, 4.69) is 0 Å². The second kappa shape index (κ2) is 5.96. The lowest BCUT2D eigenvalue weighted by Gasteiger charge is -2.15. The van der Waals surface area contributed by atoms with E-state index in [1.807, 2.05) is 0 Å². The van der Waals surface area contributed by atoms with Gasteiger partial charge in [-0.3, -0.25) is 4.79 Å².